The maximum Gasteiger partial charge on any atom is 0.225 e. The number of nitrogens with two attached hydrogens (primary N) is 1. The Morgan fingerprint density at radius 2 is 2.10 bits per heavy atom. The highest BCUT2D eigenvalue weighted by Crippen LogP contribution is 2.21. The summed E-state index contributed by atoms with van der Waals surface area (Å²) in [5.74, 6) is -0.113. The lowest BCUT2D eigenvalue weighted by molar-refractivity contribution is -0.131. The topological polar surface area (TPSA) is 75.4 Å². The molecule has 1 fully saturated rings. The zero-order valence-corrected chi connectivity index (χ0v) is 13.6. The molecule has 0 spiro atoms. The van der Waals surface area contributed by atoms with Gasteiger partial charge in [-0.25, -0.2) is 0 Å². The minimum Gasteiger partial charge on any atom is -0.349 e. The van der Waals surface area contributed by atoms with Crippen molar-refractivity contribution in [2.75, 3.05) is 13.1 Å². The molecular weight excluding hydrogens is 334 g/mol. The molecule has 1 heterocycles. The third-order valence-electron chi connectivity index (χ3n) is 3.61. The number of benzene rings is 1. The number of amides is 2. The molecule has 5 nitrogen and oxygen atoms in total. The van der Waals surface area contributed by atoms with E-state index in [0.717, 1.165) is 16.5 Å². The number of hydrogen-bond donors (Lipinski definition) is 2. The molecule has 1 aromatic rings. The van der Waals surface area contributed by atoms with Crippen LogP contribution < -0.4 is 11.1 Å². The molecule has 6 heteroatoms. The Kier molecular flexibility index (Phi) is 5.36. The molecule has 0 saturated carbocycles. The molecule has 3 N–H and O–H groups in total. The highest BCUT2D eigenvalue weighted by molar-refractivity contribution is 9.10. The Bertz CT molecular complexity index is 518. The first-order valence-corrected chi connectivity index (χ1v) is 7.81. The smallest absolute Gasteiger partial charge is 0.225 e. The van der Waals surface area contributed by atoms with Gasteiger partial charge in [0.15, 0.2) is 0 Å². The van der Waals surface area contributed by atoms with Crippen molar-refractivity contribution < 1.29 is 9.59 Å². The highest BCUT2D eigenvalue weighted by atomic mass is 79.9. The summed E-state index contributed by atoms with van der Waals surface area (Å²) in [4.78, 5) is 25.5. The van der Waals surface area contributed by atoms with E-state index in [1.165, 1.54) is 6.92 Å². The number of likely N-dealkylation sites (tertiary alicyclic amines) is 1. The summed E-state index contributed by atoms with van der Waals surface area (Å²) < 4.78 is 0.963. The Morgan fingerprint density at radius 1 is 1.43 bits per heavy atom. The molecular formula is C15H20BrN3O2. The van der Waals surface area contributed by atoms with Crippen LogP contribution in [-0.4, -0.2) is 35.8 Å². The second kappa shape index (κ2) is 7.04. The van der Waals surface area contributed by atoms with E-state index in [1.54, 1.807) is 4.90 Å². The maximum atomic E-state index is 12.3. The summed E-state index contributed by atoms with van der Waals surface area (Å²) in [5.41, 5.74) is 6.75. The minimum absolute atomic E-state index is 0.0321. The number of rotatable bonds is 4. The fourth-order valence-electron chi connectivity index (χ4n) is 2.51. The van der Waals surface area contributed by atoms with E-state index in [0.29, 0.717) is 13.1 Å². The van der Waals surface area contributed by atoms with Gasteiger partial charge < -0.3 is 16.0 Å². The van der Waals surface area contributed by atoms with E-state index >= 15 is 0 Å². The third kappa shape index (κ3) is 4.54. The van der Waals surface area contributed by atoms with E-state index in [-0.39, 0.29) is 30.3 Å². The molecule has 114 valence electrons. The Balaban J connectivity index is 2.07. The van der Waals surface area contributed by atoms with E-state index in [2.05, 4.69) is 21.2 Å². The van der Waals surface area contributed by atoms with Gasteiger partial charge in [0.05, 0.1) is 12.5 Å². The highest BCUT2D eigenvalue weighted by Gasteiger charge is 2.26. The van der Waals surface area contributed by atoms with Crippen LogP contribution in [0.4, 0.5) is 0 Å². The van der Waals surface area contributed by atoms with Crippen molar-refractivity contribution in [3.05, 3.63) is 34.3 Å². The molecule has 1 aliphatic rings. The maximum absolute atomic E-state index is 12.3. The average Bonchev–Trinajstić information content (AvgIpc) is 2.85. The van der Waals surface area contributed by atoms with Gasteiger partial charge in [-0.05, 0) is 24.1 Å². The number of nitrogens with zero attached hydrogens (tertiary/aromatic N) is 1. The van der Waals surface area contributed by atoms with Crippen LogP contribution in [0.2, 0.25) is 0 Å². The number of carbonyl (C=O) groups is 2. The summed E-state index contributed by atoms with van der Waals surface area (Å²) >= 11 is 3.38. The molecule has 2 rings (SSSR count). The van der Waals surface area contributed by atoms with Crippen LogP contribution in [0.1, 0.15) is 31.4 Å². The fourth-order valence-corrected chi connectivity index (χ4v) is 2.77. The van der Waals surface area contributed by atoms with Crippen molar-refractivity contribution in [3.63, 3.8) is 0 Å². The van der Waals surface area contributed by atoms with Gasteiger partial charge in [-0.2, -0.15) is 0 Å². The predicted octanol–water partition coefficient (Wildman–Crippen LogP) is 1.58. The lowest BCUT2D eigenvalue weighted by Crippen LogP contribution is -2.36. The number of hydrogen-bond acceptors (Lipinski definition) is 3. The first kappa shape index (κ1) is 16.0. The standard InChI is InChI=1S/C15H20BrN3O2/c1-10(20)18-14(11-2-4-12(16)5-3-11)8-15(21)19-7-6-13(17)9-19/h2-5,13-14H,6-9,17H2,1H3,(H,18,20)/t13-,14-/m1/s1. The van der Waals surface area contributed by atoms with Gasteiger partial charge in [0.2, 0.25) is 11.8 Å². The first-order chi connectivity index (χ1) is 9.95. The molecule has 2 atom stereocenters. The summed E-state index contributed by atoms with van der Waals surface area (Å²) in [7, 11) is 0. The Hall–Kier alpha value is -1.40. The molecule has 0 aromatic heterocycles. The second-order valence-corrected chi connectivity index (χ2v) is 6.31. The molecule has 2 amide bonds. The molecule has 1 aromatic carbocycles. The van der Waals surface area contributed by atoms with Crippen LogP contribution in [0.3, 0.4) is 0 Å². The Morgan fingerprint density at radius 3 is 2.62 bits per heavy atom. The van der Waals surface area contributed by atoms with Gasteiger partial charge in [0.1, 0.15) is 0 Å². The van der Waals surface area contributed by atoms with Crippen LogP contribution in [0.25, 0.3) is 0 Å². The quantitative estimate of drug-likeness (QED) is 0.862. The van der Waals surface area contributed by atoms with Gasteiger partial charge in [-0.15, -0.1) is 0 Å². The van der Waals surface area contributed by atoms with Crippen molar-refractivity contribution >= 4 is 27.7 Å². The van der Waals surface area contributed by atoms with Crippen LogP contribution in [0.5, 0.6) is 0 Å². The van der Waals surface area contributed by atoms with Crippen molar-refractivity contribution in [2.45, 2.75) is 31.8 Å². The van der Waals surface area contributed by atoms with E-state index in [1.807, 2.05) is 24.3 Å². The van der Waals surface area contributed by atoms with E-state index in [9.17, 15) is 9.59 Å². The molecule has 0 unspecified atom stereocenters. The summed E-state index contributed by atoms with van der Waals surface area (Å²) in [5, 5.41) is 2.85. The van der Waals surface area contributed by atoms with E-state index in [4.69, 9.17) is 5.73 Å². The predicted molar refractivity (Wildman–Crippen MR) is 84.5 cm³/mol. The third-order valence-corrected chi connectivity index (χ3v) is 4.13. The lowest BCUT2D eigenvalue weighted by atomic mass is 10.0. The number of carbonyl (C=O) groups excluding carboxylic acids is 2. The molecule has 1 aliphatic heterocycles. The molecule has 21 heavy (non-hydrogen) atoms. The van der Waals surface area contributed by atoms with Crippen LogP contribution in [-0.2, 0) is 9.59 Å². The van der Waals surface area contributed by atoms with Crippen molar-refractivity contribution in [3.8, 4) is 0 Å². The number of nitrogens with one attached hydrogen (secondary N) is 1. The zero-order chi connectivity index (χ0) is 15.4. The zero-order valence-electron chi connectivity index (χ0n) is 12.0. The monoisotopic (exact) mass is 353 g/mol. The largest absolute Gasteiger partial charge is 0.349 e. The van der Waals surface area contributed by atoms with Crippen LogP contribution in [0.15, 0.2) is 28.7 Å². The first-order valence-electron chi connectivity index (χ1n) is 7.01. The fraction of sp³-hybridized carbons (Fsp3) is 0.467. The van der Waals surface area contributed by atoms with Crippen LogP contribution in [0, 0.1) is 0 Å². The van der Waals surface area contributed by atoms with Crippen molar-refractivity contribution in [1.29, 1.82) is 0 Å². The van der Waals surface area contributed by atoms with Crippen LogP contribution >= 0.6 is 15.9 Å². The summed E-state index contributed by atoms with van der Waals surface area (Å²) in [6.07, 6.45) is 1.10. The Labute approximate surface area is 133 Å². The van der Waals surface area contributed by atoms with Crippen molar-refractivity contribution in [2.24, 2.45) is 5.73 Å². The molecule has 0 bridgehead atoms. The molecule has 0 radical (unpaired) electrons. The second-order valence-electron chi connectivity index (χ2n) is 5.40. The lowest BCUT2D eigenvalue weighted by Gasteiger charge is -2.22. The normalized spacial score (nSPS) is 19.4. The van der Waals surface area contributed by atoms with Gasteiger partial charge >= 0.3 is 0 Å². The molecule has 0 aliphatic carbocycles. The van der Waals surface area contributed by atoms with Gasteiger partial charge in [-0.1, -0.05) is 28.1 Å². The average molecular weight is 354 g/mol. The van der Waals surface area contributed by atoms with Crippen molar-refractivity contribution in [1.82, 2.24) is 10.2 Å². The van der Waals surface area contributed by atoms with Gasteiger partial charge in [0.25, 0.3) is 0 Å². The van der Waals surface area contributed by atoms with Gasteiger partial charge in [-0.3, -0.25) is 9.59 Å². The summed E-state index contributed by atoms with van der Waals surface area (Å²) in [6.45, 7) is 2.77. The minimum atomic E-state index is -0.306. The SMILES string of the molecule is CC(=O)N[C@H](CC(=O)N1CC[C@@H](N)C1)c1ccc(Br)cc1. The number of halogens is 1. The van der Waals surface area contributed by atoms with E-state index < -0.39 is 0 Å². The summed E-state index contributed by atoms with van der Waals surface area (Å²) in [6, 6.07) is 7.39. The molecule has 1 saturated heterocycles. The van der Waals surface area contributed by atoms with Gasteiger partial charge in [0, 0.05) is 30.5 Å².